The van der Waals surface area contributed by atoms with Gasteiger partial charge in [0.15, 0.2) is 0 Å². The highest BCUT2D eigenvalue weighted by molar-refractivity contribution is 7.19. The molecule has 1 atom stereocenters. The second-order valence-corrected chi connectivity index (χ2v) is 7.51. The normalized spacial score (nSPS) is 22.6. The minimum atomic E-state index is 0.919. The van der Waals surface area contributed by atoms with Crippen molar-refractivity contribution in [3.63, 3.8) is 0 Å². The Labute approximate surface area is 129 Å². The molecule has 4 rings (SSSR count). The molecule has 0 amide bonds. The minimum absolute atomic E-state index is 0.919. The largest absolute Gasteiger partial charge is 0.350 e. The summed E-state index contributed by atoms with van der Waals surface area (Å²) in [6, 6.07) is 0. The predicted molar refractivity (Wildman–Crippen MR) is 87.6 cm³/mol. The second-order valence-electron chi connectivity index (χ2n) is 6.43. The molecule has 112 valence electrons. The third-order valence-corrected chi connectivity index (χ3v) is 5.98. The third-order valence-electron chi connectivity index (χ3n) is 4.80. The molecule has 0 bridgehead atoms. The van der Waals surface area contributed by atoms with Gasteiger partial charge in [0, 0.05) is 17.8 Å². The number of hydrogen-bond acceptors (Lipinski definition) is 4. The molecule has 2 aliphatic rings. The van der Waals surface area contributed by atoms with E-state index in [9.17, 15) is 0 Å². The number of quaternary nitrogens is 1. The molecule has 1 saturated heterocycles. The van der Waals surface area contributed by atoms with Gasteiger partial charge in [-0.05, 0) is 31.7 Å². The predicted octanol–water partition coefficient (Wildman–Crippen LogP) is 1.21. The van der Waals surface area contributed by atoms with Crippen LogP contribution in [0.4, 0.5) is 5.82 Å². The van der Waals surface area contributed by atoms with Crippen molar-refractivity contribution in [2.75, 3.05) is 38.1 Å². The number of rotatable bonds is 1. The first-order valence-electron chi connectivity index (χ1n) is 8.07. The summed E-state index contributed by atoms with van der Waals surface area (Å²) in [7, 11) is 2.30. The first-order chi connectivity index (χ1) is 10.2. The van der Waals surface area contributed by atoms with Gasteiger partial charge in [-0.2, -0.15) is 0 Å². The fourth-order valence-electron chi connectivity index (χ4n) is 3.66. The fourth-order valence-corrected chi connectivity index (χ4v) is 4.96. The van der Waals surface area contributed by atoms with E-state index >= 15 is 0 Å². The molecular formula is C16H23N4S+. The van der Waals surface area contributed by atoms with Gasteiger partial charge in [0.05, 0.1) is 32.1 Å². The van der Waals surface area contributed by atoms with Gasteiger partial charge in [-0.15, -0.1) is 11.3 Å². The standard InChI is InChI=1S/C16H22N4S/c1-11-17-15(20-8-4-7-19(2)9-10-20)14-12-5-3-6-13(12)21-16(14)18-11/h3-10H2,1-2H3/p+1. The number of aromatic nitrogens is 2. The summed E-state index contributed by atoms with van der Waals surface area (Å²) < 4.78 is 0. The highest BCUT2D eigenvalue weighted by Gasteiger charge is 2.25. The summed E-state index contributed by atoms with van der Waals surface area (Å²) in [6.07, 6.45) is 5.01. The average Bonchev–Trinajstić information content (AvgIpc) is 2.94. The summed E-state index contributed by atoms with van der Waals surface area (Å²) >= 11 is 1.90. The van der Waals surface area contributed by atoms with Crippen LogP contribution in [0.15, 0.2) is 0 Å². The van der Waals surface area contributed by atoms with Gasteiger partial charge in [0.1, 0.15) is 16.5 Å². The second kappa shape index (κ2) is 5.21. The average molecular weight is 303 g/mol. The lowest BCUT2D eigenvalue weighted by molar-refractivity contribution is -0.876. The van der Waals surface area contributed by atoms with Crippen molar-refractivity contribution in [3.8, 4) is 0 Å². The van der Waals surface area contributed by atoms with Gasteiger partial charge in [0.2, 0.25) is 0 Å². The van der Waals surface area contributed by atoms with E-state index in [1.54, 1.807) is 15.3 Å². The Morgan fingerprint density at radius 1 is 1.10 bits per heavy atom. The van der Waals surface area contributed by atoms with Crippen LogP contribution < -0.4 is 9.80 Å². The number of nitrogens with zero attached hydrogens (tertiary/aromatic N) is 3. The SMILES string of the molecule is Cc1nc(N2CCC[NH+](C)CC2)c2c3c(sc2n1)CCC3. The van der Waals surface area contributed by atoms with Gasteiger partial charge in [0.25, 0.3) is 0 Å². The van der Waals surface area contributed by atoms with Crippen LogP contribution in [-0.4, -0.2) is 43.2 Å². The molecule has 1 fully saturated rings. The van der Waals surface area contributed by atoms with E-state index in [4.69, 9.17) is 9.97 Å². The van der Waals surface area contributed by atoms with E-state index in [0.29, 0.717) is 0 Å². The summed E-state index contributed by atoms with van der Waals surface area (Å²) in [5.41, 5.74) is 1.55. The highest BCUT2D eigenvalue weighted by atomic mass is 32.1. The Kier molecular flexibility index (Phi) is 3.34. The molecule has 21 heavy (non-hydrogen) atoms. The van der Waals surface area contributed by atoms with Gasteiger partial charge >= 0.3 is 0 Å². The van der Waals surface area contributed by atoms with Crippen LogP contribution in [-0.2, 0) is 12.8 Å². The molecule has 5 heteroatoms. The number of aryl methyl sites for hydroxylation is 3. The van der Waals surface area contributed by atoms with Crippen LogP contribution in [0.25, 0.3) is 10.2 Å². The Hall–Kier alpha value is -1.20. The molecule has 1 unspecified atom stereocenters. The van der Waals surface area contributed by atoms with Crippen molar-refractivity contribution in [2.45, 2.75) is 32.6 Å². The topological polar surface area (TPSA) is 33.5 Å². The third kappa shape index (κ3) is 2.32. The van der Waals surface area contributed by atoms with Crippen LogP contribution in [0.5, 0.6) is 0 Å². The Morgan fingerprint density at radius 2 is 2.00 bits per heavy atom. The molecule has 1 aliphatic carbocycles. The monoisotopic (exact) mass is 303 g/mol. The molecule has 0 radical (unpaired) electrons. The smallest absolute Gasteiger partial charge is 0.141 e. The molecular weight excluding hydrogens is 280 g/mol. The van der Waals surface area contributed by atoms with Crippen LogP contribution in [0, 0.1) is 6.92 Å². The maximum atomic E-state index is 4.85. The van der Waals surface area contributed by atoms with Gasteiger partial charge in [-0.1, -0.05) is 0 Å². The number of fused-ring (bicyclic) bond motifs is 3. The van der Waals surface area contributed by atoms with Crippen LogP contribution in [0.1, 0.15) is 29.1 Å². The molecule has 2 aromatic rings. The van der Waals surface area contributed by atoms with Crippen molar-refractivity contribution < 1.29 is 4.90 Å². The molecule has 2 aromatic heterocycles. The lowest BCUT2D eigenvalue weighted by atomic mass is 10.1. The first-order valence-corrected chi connectivity index (χ1v) is 8.89. The number of nitrogens with one attached hydrogen (secondary N) is 1. The van der Waals surface area contributed by atoms with Crippen molar-refractivity contribution in [3.05, 3.63) is 16.3 Å². The van der Waals surface area contributed by atoms with E-state index in [2.05, 4.69) is 11.9 Å². The summed E-state index contributed by atoms with van der Waals surface area (Å²) in [4.78, 5) is 16.5. The molecule has 0 saturated carbocycles. The molecule has 0 aromatic carbocycles. The number of hydrogen-bond donors (Lipinski definition) is 1. The minimum Gasteiger partial charge on any atom is -0.350 e. The first kappa shape index (κ1) is 13.5. The lowest BCUT2D eigenvalue weighted by Gasteiger charge is -2.22. The molecule has 1 N–H and O–H groups in total. The van der Waals surface area contributed by atoms with Crippen LogP contribution in [0.3, 0.4) is 0 Å². The van der Waals surface area contributed by atoms with Gasteiger partial charge in [-0.25, -0.2) is 9.97 Å². The van der Waals surface area contributed by atoms with E-state index in [1.807, 2.05) is 18.3 Å². The lowest BCUT2D eigenvalue weighted by Crippen LogP contribution is -3.09. The van der Waals surface area contributed by atoms with Crippen LogP contribution >= 0.6 is 11.3 Å². The van der Waals surface area contributed by atoms with Gasteiger partial charge < -0.3 is 9.80 Å². The van der Waals surface area contributed by atoms with Crippen LogP contribution in [0.2, 0.25) is 0 Å². The fraction of sp³-hybridized carbons (Fsp3) is 0.625. The Balaban J connectivity index is 1.83. The molecule has 1 aliphatic heterocycles. The summed E-state index contributed by atoms with van der Waals surface area (Å²) in [5.74, 6) is 2.13. The van der Waals surface area contributed by atoms with Crippen molar-refractivity contribution in [2.24, 2.45) is 0 Å². The van der Waals surface area contributed by atoms with E-state index in [-0.39, 0.29) is 0 Å². The van der Waals surface area contributed by atoms with Crippen molar-refractivity contribution in [1.29, 1.82) is 0 Å². The molecule has 4 nitrogen and oxygen atoms in total. The van der Waals surface area contributed by atoms with E-state index in [1.165, 1.54) is 54.8 Å². The summed E-state index contributed by atoms with van der Waals surface area (Å²) in [6.45, 7) is 6.75. The Morgan fingerprint density at radius 3 is 2.90 bits per heavy atom. The van der Waals surface area contributed by atoms with Crippen molar-refractivity contribution >= 4 is 27.4 Å². The number of likely N-dealkylation sites (N-methyl/N-ethyl adjacent to an activating group) is 1. The zero-order valence-corrected chi connectivity index (χ0v) is 13.7. The maximum absolute atomic E-state index is 4.85. The highest BCUT2D eigenvalue weighted by Crippen LogP contribution is 2.40. The number of thiophene rings is 1. The maximum Gasteiger partial charge on any atom is 0.141 e. The quantitative estimate of drug-likeness (QED) is 0.860. The van der Waals surface area contributed by atoms with Crippen molar-refractivity contribution in [1.82, 2.24) is 9.97 Å². The number of anilines is 1. The van der Waals surface area contributed by atoms with Gasteiger partial charge in [-0.3, -0.25) is 0 Å². The van der Waals surface area contributed by atoms with E-state index in [0.717, 1.165) is 18.9 Å². The molecule has 3 heterocycles. The van der Waals surface area contributed by atoms with E-state index < -0.39 is 0 Å². The summed E-state index contributed by atoms with van der Waals surface area (Å²) in [5, 5.41) is 1.37. The Bertz CT molecular complexity index is 678. The molecule has 0 spiro atoms. The zero-order chi connectivity index (χ0) is 14.4. The zero-order valence-electron chi connectivity index (χ0n) is 12.9.